The number of thiazole rings is 1. The van der Waals surface area contributed by atoms with Crippen LogP contribution in [-0.4, -0.2) is 68.9 Å². The molecule has 6 rings (SSSR count). The molecule has 2 unspecified atom stereocenters. The van der Waals surface area contributed by atoms with E-state index in [4.69, 9.17) is 9.15 Å². The number of rotatable bonds is 7. The van der Waals surface area contributed by atoms with E-state index in [0.717, 1.165) is 28.8 Å². The number of piperazine rings is 1. The average molecular weight is 480 g/mol. The number of nitrogens with zero attached hydrogens (tertiary/aromatic N) is 5. The maximum atomic E-state index is 12.2. The molecule has 0 radical (unpaired) electrons. The second-order valence-electron chi connectivity index (χ2n) is 8.44. The molecule has 6 heterocycles. The smallest absolute Gasteiger partial charge is 0.293 e. The van der Waals surface area contributed by atoms with E-state index in [9.17, 15) is 9.59 Å². The Morgan fingerprint density at radius 2 is 2.09 bits per heavy atom. The van der Waals surface area contributed by atoms with Crippen molar-refractivity contribution in [3.8, 4) is 10.9 Å². The highest BCUT2D eigenvalue weighted by atomic mass is 32.1. The lowest BCUT2D eigenvalue weighted by Crippen LogP contribution is -2.55. The van der Waals surface area contributed by atoms with Gasteiger partial charge in [0.1, 0.15) is 11.3 Å². The minimum atomic E-state index is -0.198. The van der Waals surface area contributed by atoms with Crippen molar-refractivity contribution in [3.63, 3.8) is 0 Å². The van der Waals surface area contributed by atoms with Crippen molar-refractivity contribution >= 4 is 45.2 Å². The SMILES string of the molecule is O=COCC(=O)N1CC2CCC(C1)N2Cc1cc2ncc(Oc3nc4ncccc4s3)cc2o1. The maximum Gasteiger partial charge on any atom is 0.293 e. The van der Waals surface area contributed by atoms with E-state index in [1.807, 2.05) is 24.3 Å². The highest BCUT2D eigenvalue weighted by molar-refractivity contribution is 7.20. The number of fused-ring (bicyclic) bond motifs is 4. The van der Waals surface area contributed by atoms with Crippen LogP contribution in [0.5, 0.6) is 10.9 Å². The minimum absolute atomic E-state index is 0.145. The third kappa shape index (κ3) is 3.97. The van der Waals surface area contributed by atoms with Crippen LogP contribution in [0, 0.1) is 0 Å². The van der Waals surface area contributed by atoms with Gasteiger partial charge in [0.15, 0.2) is 23.6 Å². The third-order valence-electron chi connectivity index (χ3n) is 6.35. The van der Waals surface area contributed by atoms with E-state index < -0.39 is 0 Å². The van der Waals surface area contributed by atoms with Crippen molar-refractivity contribution < 1.29 is 23.5 Å². The minimum Gasteiger partial charge on any atom is -0.458 e. The molecule has 2 saturated heterocycles. The van der Waals surface area contributed by atoms with E-state index in [-0.39, 0.29) is 24.6 Å². The number of hydrogen-bond donors (Lipinski definition) is 0. The number of likely N-dealkylation sites (tertiary alicyclic amines) is 1. The Labute approximate surface area is 198 Å². The number of carbonyl (C=O) groups is 2. The Hall–Kier alpha value is -3.57. The fourth-order valence-electron chi connectivity index (χ4n) is 4.81. The number of pyridine rings is 2. The maximum absolute atomic E-state index is 12.2. The first-order chi connectivity index (χ1) is 16.7. The lowest BCUT2D eigenvalue weighted by Gasteiger charge is -2.40. The van der Waals surface area contributed by atoms with Gasteiger partial charge in [-0.3, -0.25) is 14.5 Å². The monoisotopic (exact) mass is 479 g/mol. The van der Waals surface area contributed by atoms with Crippen LogP contribution < -0.4 is 4.74 Å². The van der Waals surface area contributed by atoms with E-state index in [1.54, 1.807) is 17.3 Å². The number of amides is 1. The molecule has 2 aliphatic heterocycles. The summed E-state index contributed by atoms with van der Waals surface area (Å²) < 4.78 is 17.6. The molecule has 4 aromatic rings. The number of ether oxygens (including phenoxy) is 2. The van der Waals surface area contributed by atoms with Crippen molar-refractivity contribution in [2.45, 2.75) is 31.5 Å². The Bertz CT molecular complexity index is 1320. The van der Waals surface area contributed by atoms with Crippen LogP contribution in [0.25, 0.3) is 21.4 Å². The predicted octanol–water partition coefficient (Wildman–Crippen LogP) is 2.97. The Kier molecular flexibility index (Phi) is 5.34. The molecule has 4 aromatic heterocycles. The van der Waals surface area contributed by atoms with Gasteiger partial charge >= 0.3 is 0 Å². The lowest BCUT2D eigenvalue weighted by molar-refractivity contribution is -0.145. The fourth-order valence-corrected chi connectivity index (χ4v) is 5.60. The second kappa shape index (κ2) is 8.65. The van der Waals surface area contributed by atoms with Crippen LogP contribution in [0.2, 0.25) is 0 Å². The van der Waals surface area contributed by atoms with Crippen LogP contribution in [0.15, 0.2) is 41.1 Å². The third-order valence-corrected chi connectivity index (χ3v) is 7.23. The Balaban J connectivity index is 1.15. The zero-order chi connectivity index (χ0) is 23.1. The molecule has 11 heteroatoms. The molecule has 0 aliphatic carbocycles. The summed E-state index contributed by atoms with van der Waals surface area (Å²) >= 11 is 1.43. The first-order valence-corrected chi connectivity index (χ1v) is 11.8. The number of hydrogen-bond acceptors (Lipinski definition) is 10. The summed E-state index contributed by atoms with van der Waals surface area (Å²) in [6.45, 7) is 2.02. The summed E-state index contributed by atoms with van der Waals surface area (Å²) in [4.78, 5) is 39.9. The standard InChI is InChI=1S/C23H21N5O5S/c29-13-31-12-21(30)27-9-14-3-4-15(10-27)28(14)11-17-6-18-19(32-17)7-16(8-25-18)33-23-26-22-20(34-23)2-1-5-24-22/h1-2,5-8,13-15H,3-4,9-12H2. The Morgan fingerprint density at radius 1 is 1.24 bits per heavy atom. The predicted molar refractivity (Wildman–Crippen MR) is 122 cm³/mol. The van der Waals surface area contributed by atoms with Crippen molar-refractivity contribution in [2.75, 3.05) is 19.7 Å². The number of aromatic nitrogens is 3. The molecule has 2 atom stereocenters. The summed E-state index contributed by atoms with van der Waals surface area (Å²) in [5, 5.41) is 0.504. The quantitative estimate of drug-likeness (QED) is 0.369. The van der Waals surface area contributed by atoms with Gasteiger partial charge in [0.2, 0.25) is 0 Å². The van der Waals surface area contributed by atoms with E-state index >= 15 is 0 Å². The van der Waals surface area contributed by atoms with E-state index in [1.165, 1.54) is 11.3 Å². The molecular weight excluding hydrogens is 458 g/mol. The van der Waals surface area contributed by atoms with E-state index in [2.05, 4.69) is 24.6 Å². The zero-order valence-corrected chi connectivity index (χ0v) is 18.9. The van der Waals surface area contributed by atoms with Crippen LogP contribution in [0.4, 0.5) is 0 Å². The molecule has 174 valence electrons. The van der Waals surface area contributed by atoms with Crippen LogP contribution in [-0.2, 0) is 20.9 Å². The highest BCUT2D eigenvalue weighted by Crippen LogP contribution is 2.34. The molecule has 34 heavy (non-hydrogen) atoms. The zero-order valence-electron chi connectivity index (χ0n) is 18.1. The van der Waals surface area contributed by atoms with Crippen molar-refractivity contribution in [1.82, 2.24) is 24.8 Å². The molecule has 2 bridgehead atoms. The van der Waals surface area contributed by atoms with Gasteiger partial charge in [-0.15, -0.1) is 0 Å². The van der Waals surface area contributed by atoms with Gasteiger partial charge in [0, 0.05) is 43.5 Å². The van der Waals surface area contributed by atoms with Gasteiger partial charge in [-0.05, 0) is 25.0 Å². The molecule has 0 N–H and O–H groups in total. The van der Waals surface area contributed by atoms with Crippen molar-refractivity contribution in [1.29, 1.82) is 0 Å². The van der Waals surface area contributed by atoms with E-state index in [0.29, 0.717) is 48.3 Å². The largest absolute Gasteiger partial charge is 0.458 e. The van der Waals surface area contributed by atoms with Gasteiger partial charge in [0.05, 0.1) is 17.4 Å². The molecule has 0 saturated carbocycles. The first kappa shape index (κ1) is 21.0. The molecule has 2 fully saturated rings. The summed E-state index contributed by atoms with van der Waals surface area (Å²) in [7, 11) is 0. The summed E-state index contributed by atoms with van der Waals surface area (Å²) in [5.41, 5.74) is 2.07. The van der Waals surface area contributed by atoms with Crippen LogP contribution >= 0.6 is 11.3 Å². The van der Waals surface area contributed by atoms with Gasteiger partial charge in [0.25, 0.3) is 17.6 Å². The van der Waals surface area contributed by atoms with Gasteiger partial charge in [-0.25, -0.2) is 9.97 Å². The molecule has 0 spiro atoms. The lowest BCUT2D eigenvalue weighted by atomic mass is 10.1. The number of furan rings is 1. The average Bonchev–Trinajstić information content (AvgIpc) is 3.49. The highest BCUT2D eigenvalue weighted by Gasteiger charge is 2.41. The number of carbonyl (C=O) groups excluding carboxylic acids is 2. The van der Waals surface area contributed by atoms with Crippen molar-refractivity contribution in [3.05, 3.63) is 42.4 Å². The van der Waals surface area contributed by atoms with Crippen LogP contribution in [0.3, 0.4) is 0 Å². The second-order valence-corrected chi connectivity index (χ2v) is 9.43. The summed E-state index contributed by atoms with van der Waals surface area (Å²) in [5.74, 6) is 1.23. The fraction of sp³-hybridized carbons (Fsp3) is 0.348. The van der Waals surface area contributed by atoms with Crippen LogP contribution in [0.1, 0.15) is 18.6 Å². The summed E-state index contributed by atoms with van der Waals surface area (Å²) in [6, 6.07) is 8.11. The van der Waals surface area contributed by atoms with Gasteiger partial charge < -0.3 is 18.8 Å². The van der Waals surface area contributed by atoms with Crippen molar-refractivity contribution in [2.24, 2.45) is 0 Å². The molecular formula is C23H21N5O5S. The molecule has 2 aliphatic rings. The Morgan fingerprint density at radius 3 is 2.88 bits per heavy atom. The topological polar surface area (TPSA) is 111 Å². The molecule has 0 aromatic carbocycles. The van der Waals surface area contributed by atoms with Gasteiger partial charge in [-0.2, -0.15) is 4.98 Å². The molecule has 1 amide bonds. The first-order valence-electron chi connectivity index (χ1n) is 11.0. The summed E-state index contributed by atoms with van der Waals surface area (Å²) in [6.07, 6.45) is 5.42. The normalized spacial score (nSPS) is 20.2. The van der Waals surface area contributed by atoms with Gasteiger partial charge in [-0.1, -0.05) is 11.3 Å². The molecule has 10 nitrogen and oxygen atoms in total.